The Morgan fingerprint density at radius 1 is 1.12 bits per heavy atom. The number of nitrogens with zero attached hydrogens (tertiary/aromatic N) is 1. The van der Waals surface area contributed by atoms with Crippen molar-refractivity contribution >= 4 is 23.9 Å². The van der Waals surface area contributed by atoms with Crippen molar-refractivity contribution in [2.24, 2.45) is 0 Å². The van der Waals surface area contributed by atoms with Crippen LogP contribution in [0, 0.1) is 0 Å². The standard InChI is InChI=1S/C18H20N2O5/c1-24-13-7-8-15(25-2)11(9-13)10-14-16(21)19-18(23)20(17(14)22)12-5-3-4-6-12/h7-10,12H,3-6H2,1-2H3,(H,19,21,23)/b14-10+. The summed E-state index contributed by atoms with van der Waals surface area (Å²) in [5.41, 5.74) is 0.444. The molecule has 1 saturated carbocycles. The third-order valence-corrected chi connectivity index (χ3v) is 4.56. The molecule has 1 heterocycles. The van der Waals surface area contributed by atoms with Crippen LogP contribution in [0.1, 0.15) is 31.2 Å². The Balaban J connectivity index is 1.99. The van der Waals surface area contributed by atoms with Gasteiger partial charge in [0.25, 0.3) is 11.8 Å². The summed E-state index contributed by atoms with van der Waals surface area (Å²) in [7, 11) is 3.03. The van der Waals surface area contributed by atoms with E-state index in [1.807, 2.05) is 0 Å². The smallest absolute Gasteiger partial charge is 0.331 e. The van der Waals surface area contributed by atoms with Gasteiger partial charge in [0.1, 0.15) is 17.1 Å². The number of urea groups is 1. The first-order valence-electron chi connectivity index (χ1n) is 8.17. The number of rotatable bonds is 4. The SMILES string of the molecule is COc1ccc(OC)c(/C=C2\C(=O)NC(=O)N(C3CCCC3)C2=O)c1. The fraction of sp³-hybridized carbons (Fsp3) is 0.389. The van der Waals surface area contributed by atoms with Crippen LogP contribution < -0.4 is 14.8 Å². The normalized spacial score (nSPS) is 20.2. The van der Waals surface area contributed by atoms with E-state index in [0.29, 0.717) is 17.1 Å². The number of ether oxygens (including phenoxy) is 2. The number of methoxy groups -OCH3 is 2. The van der Waals surface area contributed by atoms with Gasteiger partial charge in [-0.2, -0.15) is 0 Å². The van der Waals surface area contributed by atoms with Crippen LogP contribution in [0.25, 0.3) is 6.08 Å². The van der Waals surface area contributed by atoms with Crippen LogP contribution in [0.3, 0.4) is 0 Å². The zero-order valence-corrected chi connectivity index (χ0v) is 14.2. The van der Waals surface area contributed by atoms with Crippen LogP contribution in [0.15, 0.2) is 23.8 Å². The fourth-order valence-electron chi connectivity index (χ4n) is 3.27. The average Bonchev–Trinajstić information content (AvgIpc) is 3.12. The largest absolute Gasteiger partial charge is 0.497 e. The quantitative estimate of drug-likeness (QED) is 0.668. The lowest BCUT2D eigenvalue weighted by atomic mass is 10.0. The highest BCUT2D eigenvalue weighted by atomic mass is 16.5. The van der Waals surface area contributed by atoms with Gasteiger partial charge in [0.05, 0.1) is 14.2 Å². The van der Waals surface area contributed by atoms with Crippen LogP contribution >= 0.6 is 0 Å². The van der Waals surface area contributed by atoms with Crippen molar-refractivity contribution in [2.45, 2.75) is 31.7 Å². The number of benzene rings is 1. The van der Waals surface area contributed by atoms with Gasteiger partial charge in [-0.15, -0.1) is 0 Å². The van der Waals surface area contributed by atoms with Crippen molar-refractivity contribution in [1.29, 1.82) is 0 Å². The molecule has 1 aliphatic heterocycles. The summed E-state index contributed by atoms with van der Waals surface area (Å²) in [4.78, 5) is 38.3. The Morgan fingerprint density at radius 2 is 1.84 bits per heavy atom. The molecule has 1 N–H and O–H groups in total. The second kappa shape index (κ2) is 6.96. The number of nitrogens with one attached hydrogen (secondary N) is 1. The molecular formula is C18H20N2O5. The molecule has 7 heteroatoms. The molecule has 7 nitrogen and oxygen atoms in total. The summed E-state index contributed by atoms with van der Waals surface area (Å²) in [6.07, 6.45) is 4.91. The van der Waals surface area contributed by atoms with Crippen molar-refractivity contribution in [3.63, 3.8) is 0 Å². The molecule has 0 atom stereocenters. The summed E-state index contributed by atoms with van der Waals surface area (Å²) >= 11 is 0. The zero-order valence-electron chi connectivity index (χ0n) is 14.2. The molecule has 0 spiro atoms. The molecule has 4 amide bonds. The van der Waals surface area contributed by atoms with Crippen LogP contribution in [0.5, 0.6) is 11.5 Å². The molecule has 1 aromatic carbocycles. The highest BCUT2D eigenvalue weighted by Crippen LogP contribution is 2.30. The van der Waals surface area contributed by atoms with Gasteiger partial charge in [-0.05, 0) is 37.1 Å². The van der Waals surface area contributed by atoms with Gasteiger partial charge >= 0.3 is 6.03 Å². The molecule has 132 valence electrons. The monoisotopic (exact) mass is 344 g/mol. The lowest BCUT2D eigenvalue weighted by Gasteiger charge is -2.31. The molecule has 2 fully saturated rings. The maximum atomic E-state index is 12.8. The van der Waals surface area contributed by atoms with Crippen molar-refractivity contribution in [2.75, 3.05) is 14.2 Å². The predicted molar refractivity (Wildman–Crippen MR) is 90.2 cm³/mol. The van der Waals surface area contributed by atoms with E-state index in [0.717, 1.165) is 25.7 Å². The number of imide groups is 2. The van der Waals surface area contributed by atoms with E-state index in [2.05, 4.69) is 5.32 Å². The third kappa shape index (κ3) is 3.22. The molecule has 1 aromatic rings. The number of carbonyl (C=O) groups excluding carboxylic acids is 3. The zero-order chi connectivity index (χ0) is 18.0. The van der Waals surface area contributed by atoms with E-state index >= 15 is 0 Å². The first-order chi connectivity index (χ1) is 12.0. The molecular weight excluding hydrogens is 324 g/mol. The van der Waals surface area contributed by atoms with Gasteiger partial charge in [-0.3, -0.25) is 19.8 Å². The fourth-order valence-corrected chi connectivity index (χ4v) is 3.27. The maximum Gasteiger partial charge on any atom is 0.331 e. The van der Waals surface area contributed by atoms with Crippen LogP contribution in [-0.2, 0) is 9.59 Å². The Bertz CT molecular complexity index is 750. The minimum Gasteiger partial charge on any atom is -0.497 e. The van der Waals surface area contributed by atoms with Gasteiger partial charge in [-0.25, -0.2) is 4.79 Å². The molecule has 25 heavy (non-hydrogen) atoms. The summed E-state index contributed by atoms with van der Waals surface area (Å²) in [6.45, 7) is 0. The van der Waals surface area contributed by atoms with E-state index in [9.17, 15) is 14.4 Å². The molecule has 1 aliphatic carbocycles. The summed E-state index contributed by atoms with van der Waals surface area (Å²) in [6, 6.07) is 4.28. The molecule has 0 aromatic heterocycles. The summed E-state index contributed by atoms with van der Waals surface area (Å²) in [5.74, 6) is -0.196. The Kier molecular flexibility index (Phi) is 4.74. The highest BCUT2D eigenvalue weighted by molar-refractivity contribution is 6.31. The topological polar surface area (TPSA) is 84.9 Å². The molecule has 3 rings (SSSR count). The van der Waals surface area contributed by atoms with E-state index in [1.54, 1.807) is 18.2 Å². The third-order valence-electron chi connectivity index (χ3n) is 4.56. The van der Waals surface area contributed by atoms with Crippen molar-refractivity contribution in [3.05, 3.63) is 29.3 Å². The lowest BCUT2D eigenvalue weighted by Crippen LogP contribution is -2.57. The van der Waals surface area contributed by atoms with Gasteiger partial charge < -0.3 is 9.47 Å². The van der Waals surface area contributed by atoms with E-state index in [1.165, 1.54) is 25.2 Å². The molecule has 0 unspecified atom stereocenters. The number of barbiturate groups is 1. The average molecular weight is 344 g/mol. The number of amides is 4. The van der Waals surface area contributed by atoms with Crippen molar-refractivity contribution in [1.82, 2.24) is 10.2 Å². The van der Waals surface area contributed by atoms with Gasteiger partial charge in [-0.1, -0.05) is 12.8 Å². The second-order valence-electron chi connectivity index (χ2n) is 6.04. The molecule has 2 aliphatic rings. The van der Waals surface area contributed by atoms with Gasteiger partial charge in [0.15, 0.2) is 0 Å². The second-order valence-corrected chi connectivity index (χ2v) is 6.04. The van der Waals surface area contributed by atoms with Gasteiger partial charge in [0.2, 0.25) is 0 Å². The van der Waals surface area contributed by atoms with E-state index in [-0.39, 0.29) is 11.6 Å². The minimum absolute atomic E-state index is 0.0851. The Hall–Kier alpha value is -2.83. The first-order valence-corrected chi connectivity index (χ1v) is 8.17. The van der Waals surface area contributed by atoms with Crippen LogP contribution in [-0.4, -0.2) is 43.0 Å². The Labute approximate surface area is 145 Å². The van der Waals surface area contributed by atoms with Crippen LogP contribution in [0.4, 0.5) is 4.79 Å². The van der Waals surface area contributed by atoms with Crippen LogP contribution in [0.2, 0.25) is 0 Å². The summed E-state index contributed by atoms with van der Waals surface area (Å²) in [5, 5.41) is 2.26. The molecule has 0 radical (unpaired) electrons. The molecule has 1 saturated heterocycles. The maximum absolute atomic E-state index is 12.8. The number of carbonyl (C=O) groups is 3. The van der Waals surface area contributed by atoms with Crippen molar-refractivity contribution < 1.29 is 23.9 Å². The Morgan fingerprint density at radius 3 is 2.48 bits per heavy atom. The minimum atomic E-state index is -0.700. The number of hydrogen-bond donors (Lipinski definition) is 1. The first kappa shape index (κ1) is 17.0. The predicted octanol–water partition coefficient (Wildman–Crippen LogP) is 2.11. The van der Waals surface area contributed by atoms with E-state index < -0.39 is 17.8 Å². The molecule has 0 bridgehead atoms. The summed E-state index contributed by atoms with van der Waals surface area (Å²) < 4.78 is 10.5. The number of hydrogen-bond acceptors (Lipinski definition) is 5. The highest BCUT2D eigenvalue weighted by Gasteiger charge is 2.40. The van der Waals surface area contributed by atoms with Gasteiger partial charge in [0, 0.05) is 11.6 Å². The van der Waals surface area contributed by atoms with Crippen molar-refractivity contribution in [3.8, 4) is 11.5 Å². The lowest BCUT2D eigenvalue weighted by molar-refractivity contribution is -0.131. The van der Waals surface area contributed by atoms with E-state index in [4.69, 9.17) is 9.47 Å².